The Kier molecular flexibility index (Phi) is 5.17. The maximum atomic E-state index is 12.6. The third-order valence-corrected chi connectivity index (χ3v) is 4.23. The van der Waals surface area contributed by atoms with Crippen LogP contribution in [0.15, 0.2) is 60.8 Å². The van der Waals surface area contributed by atoms with Crippen molar-refractivity contribution in [3.8, 4) is 5.75 Å². The molecule has 5 nitrogen and oxygen atoms in total. The molecule has 0 unspecified atom stereocenters. The first-order valence-corrected chi connectivity index (χ1v) is 8.32. The number of nitrogens with zero attached hydrogens (tertiary/aromatic N) is 1. The summed E-state index contributed by atoms with van der Waals surface area (Å²) in [5.74, 6) is 0.310. The zero-order chi connectivity index (χ0) is 18.5. The molecule has 0 spiro atoms. The van der Waals surface area contributed by atoms with Gasteiger partial charge in [-0.05, 0) is 55.3 Å². The van der Waals surface area contributed by atoms with Crippen LogP contribution in [0, 0.1) is 13.8 Å². The molecule has 1 amide bonds. The molecule has 0 radical (unpaired) electrons. The summed E-state index contributed by atoms with van der Waals surface area (Å²) in [7, 11) is 1.57. The standard InChI is InChI=1S/C21H21N3O2/c1-14-7-6-9-17(15(14)2)23-16-11-12-22-19(13-16)21(25)24-18-8-4-5-10-20(18)26-3/h4-13H,1-3H3,(H,22,23)(H,24,25). The molecule has 2 aromatic carbocycles. The predicted octanol–water partition coefficient (Wildman–Crippen LogP) is 4.70. The molecule has 3 aromatic rings. The molecule has 0 aliphatic heterocycles. The molecule has 5 heteroatoms. The highest BCUT2D eigenvalue weighted by atomic mass is 16.5. The highest BCUT2D eigenvalue weighted by Crippen LogP contribution is 2.25. The van der Waals surface area contributed by atoms with Crippen molar-refractivity contribution >= 4 is 23.0 Å². The molecule has 3 rings (SSSR count). The van der Waals surface area contributed by atoms with Gasteiger partial charge in [-0.2, -0.15) is 0 Å². The van der Waals surface area contributed by atoms with Crippen LogP contribution in [-0.4, -0.2) is 18.0 Å². The fourth-order valence-corrected chi connectivity index (χ4v) is 2.61. The zero-order valence-corrected chi connectivity index (χ0v) is 15.0. The van der Waals surface area contributed by atoms with E-state index in [0.29, 0.717) is 17.1 Å². The average molecular weight is 347 g/mol. The number of carbonyl (C=O) groups is 1. The number of carbonyl (C=O) groups excluding carboxylic acids is 1. The van der Waals surface area contributed by atoms with E-state index in [1.807, 2.05) is 30.3 Å². The number of hydrogen-bond donors (Lipinski definition) is 2. The quantitative estimate of drug-likeness (QED) is 0.702. The third-order valence-electron chi connectivity index (χ3n) is 4.23. The summed E-state index contributed by atoms with van der Waals surface area (Å²) < 4.78 is 5.26. The van der Waals surface area contributed by atoms with Gasteiger partial charge in [0.1, 0.15) is 11.4 Å². The summed E-state index contributed by atoms with van der Waals surface area (Å²) in [5, 5.41) is 6.19. The molecular weight excluding hydrogens is 326 g/mol. The van der Waals surface area contributed by atoms with Gasteiger partial charge in [-0.3, -0.25) is 9.78 Å². The van der Waals surface area contributed by atoms with Gasteiger partial charge in [0.15, 0.2) is 0 Å². The molecule has 1 heterocycles. The van der Waals surface area contributed by atoms with Crippen molar-refractivity contribution in [3.05, 3.63) is 77.6 Å². The minimum absolute atomic E-state index is 0.292. The Morgan fingerprint density at radius 1 is 1.00 bits per heavy atom. The summed E-state index contributed by atoms with van der Waals surface area (Å²) >= 11 is 0. The number of ether oxygens (including phenoxy) is 1. The van der Waals surface area contributed by atoms with E-state index >= 15 is 0 Å². The van der Waals surface area contributed by atoms with Gasteiger partial charge >= 0.3 is 0 Å². The molecule has 1 aromatic heterocycles. The Labute approximate surface area is 153 Å². The van der Waals surface area contributed by atoms with Crippen molar-refractivity contribution in [1.82, 2.24) is 4.98 Å². The van der Waals surface area contributed by atoms with Gasteiger partial charge in [0, 0.05) is 17.6 Å². The van der Waals surface area contributed by atoms with E-state index in [1.54, 1.807) is 31.5 Å². The maximum Gasteiger partial charge on any atom is 0.274 e. The van der Waals surface area contributed by atoms with Crippen molar-refractivity contribution in [1.29, 1.82) is 0 Å². The Bertz CT molecular complexity index is 938. The number of pyridine rings is 1. The lowest BCUT2D eigenvalue weighted by molar-refractivity contribution is 0.102. The predicted molar refractivity (Wildman–Crippen MR) is 104 cm³/mol. The van der Waals surface area contributed by atoms with Gasteiger partial charge in [0.25, 0.3) is 5.91 Å². The SMILES string of the molecule is COc1ccccc1NC(=O)c1cc(Nc2cccc(C)c2C)ccn1. The zero-order valence-electron chi connectivity index (χ0n) is 15.0. The second-order valence-corrected chi connectivity index (χ2v) is 5.96. The largest absolute Gasteiger partial charge is 0.495 e. The lowest BCUT2D eigenvalue weighted by atomic mass is 10.1. The molecule has 132 valence electrons. The molecule has 2 N–H and O–H groups in total. The fraction of sp³-hybridized carbons (Fsp3) is 0.143. The molecule has 0 fully saturated rings. The van der Waals surface area contributed by atoms with Crippen LogP contribution in [-0.2, 0) is 0 Å². The third kappa shape index (κ3) is 3.83. The first-order chi connectivity index (χ1) is 12.6. The van der Waals surface area contributed by atoms with Crippen LogP contribution in [0.25, 0.3) is 0 Å². The van der Waals surface area contributed by atoms with E-state index in [9.17, 15) is 4.79 Å². The summed E-state index contributed by atoms with van der Waals surface area (Å²) in [6.45, 7) is 4.13. The lowest BCUT2D eigenvalue weighted by Crippen LogP contribution is -2.14. The number of aryl methyl sites for hydroxylation is 1. The summed E-state index contributed by atoms with van der Waals surface area (Å²) in [6.07, 6.45) is 1.62. The number of anilines is 3. The highest BCUT2D eigenvalue weighted by Gasteiger charge is 2.11. The highest BCUT2D eigenvalue weighted by molar-refractivity contribution is 6.04. The number of amides is 1. The van der Waals surface area contributed by atoms with Crippen LogP contribution in [0.4, 0.5) is 17.1 Å². The molecule has 0 aliphatic rings. The molecule has 26 heavy (non-hydrogen) atoms. The Morgan fingerprint density at radius 3 is 2.58 bits per heavy atom. The lowest BCUT2D eigenvalue weighted by Gasteiger charge is -2.13. The van der Waals surface area contributed by atoms with Crippen LogP contribution in [0.2, 0.25) is 0 Å². The van der Waals surface area contributed by atoms with Crippen LogP contribution in [0.5, 0.6) is 5.75 Å². The van der Waals surface area contributed by atoms with E-state index in [0.717, 1.165) is 11.4 Å². The minimum atomic E-state index is -0.292. The van der Waals surface area contributed by atoms with Gasteiger partial charge in [-0.15, -0.1) is 0 Å². The summed E-state index contributed by atoms with van der Waals surface area (Å²) in [4.78, 5) is 16.7. The van der Waals surface area contributed by atoms with E-state index in [1.165, 1.54) is 11.1 Å². The number of nitrogens with one attached hydrogen (secondary N) is 2. The van der Waals surface area contributed by atoms with E-state index in [-0.39, 0.29) is 5.91 Å². The topological polar surface area (TPSA) is 63.2 Å². The number of hydrogen-bond acceptors (Lipinski definition) is 4. The number of aromatic nitrogens is 1. The average Bonchev–Trinajstić information content (AvgIpc) is 2.66. The number of rotatable bonds is 5. The molecule has 0 saturated heterocycles. The summed E-state index contributed by atoms with van der Waals surface area (Å²) in [5.41, 5.74) is 5.12. The molecule has 0 atom stereocenters. The summed E-state index contributed by atoms with van der Waals surface area (Å²) in [6, 6.07) is 16.9. The second kappa shape index (κ2) is 7.70. The van der Waals surface area contributed by atoms with Crippen molar-refractivity contribution < 1.29 is 9.53 Å². The van der Waals surface area contributed by atoms with E-state index in [2.05, 4.69) is 35.5 Å². The van der Waals surface area contributed by atoms with Gasteiger partial charge in [0.2, 0.25) is 0 Å². The number of benzene rings is 2. The van der Waals surface area contributed by atoms with Gasteiger partial charge in [-0.25, -0.2) is 0 Å². The van der Waals surface area contributed by atoms with E-state index < -0.39 is 0 Å². The monoisotopic (exact) mass is 347 g/mol. The van der Waals surface area contributed by atoms with Crippen molar-refractivity contribution in [2.24, 2.45) is 0 Å². The Hall–Kier alpha value is -3.34. The van der Waals surface area contributed by atoms with Crippen LogP contribution in [0.1, 0.15) is 21.6 Å². The molecule has 0 bridgehead atoms. The van der Waals surface area contributed by atoms with Crippen molar-refractivity contribution in [2.75, 3.05) is 17.7 Å². The Morgan fingerprint density at radius 2 is 1.77 bits per heavy atom. The first kappa shape index (κ1) is 17.5. The maximum absolute atomic E-state index is 12.6. The van der Waals surface area contributed by atoms with E-state index in [4.69, 9.17) is 4.74 Å². The number of methoxy groups -OCH3 is 1. The number of para-hydroxylation sites is 2. The smallest absolute Gasteiger partial charge is 0.274 e. The molecule has 0 aliphatic carbocycles. The van der Waals surface area contributed by atoms with Crippen LogP contribution < -0.4 is 15.4 Å². The van der Waals surface area contributed by atoms with Crippen LogP contribution >= 0.6 is 0 Å². The van der Waals surface area contributed by atoms with Crippen LogP contribution in [0.3, 0.4) is 0 Å². The van der Waals surface area contributed by atoms with Crippen molar-refractivity contribution in [3.63, 3.8) is 0 Å². The second-order valence-electron chi connectivity index (χ2n) is 5.96. The van der Waals surface area contributed by atoms with Gasteiger partial charge in [0.05, 0.1) is 12.8 Å². The van der Waals surface area contributed by atoms with Gasteiger partial charge in [-0.1, -0.05) is 24.3 Å². The fourth-order valence-electron chi connectivity index (χ4n) is 2.61. The normalized spacial score (nSPS) is 10.3. The first-order valence-electron chi connectivity index (χ1n) is 8.32. The molecular formula is C21H21N3O2. The Balaban J connectivity index is 1.80. The van der Waals surface area contributed by atoms with Gasteiger partial charge < -0.3 is 15.4 Å². The minimum Gasteiger partial charge on any atom is -0.495 e. The van der Waals surface area contributed by atoms with Crippen molar-refractivity contribution in [2.45, 2.75) is 13.8 Å². The molecule has 0 saturated carbocycles.